The average molecular weight is 385 g/mol. The summed E-state index contributed by atoms with van der Waals surface area (Å²) < 4.78 is 7.03. The Morgan fingerprint density at radius 1 is 0.821 bits per heavy atom. The van der Waals surface area contributed by atoms with Crippen molar-refractivity contribution in [1.29, 1.82) is 0 Å². The molecule has 0 amide bonds. The van der Waals surface area contributed by atoms with Gasteiger partial charge < -0.3 is 4.74 Å². The van der Waals surface area contributed by atoms with Crippen molar-refractivity contribution in [3.05, 3.63) is 82.9 Å². The highest BCUT2D eigenvalue weighted by molar-refractivity contribution is 7.24. The number of hydrogen-bond acceptors (Lipinski definition) is 4. The summed E-state index contributed by atoms with van der Waals surface area (Å²) in [5.74, 6) is 0.816. The number of hydrogen-bond donors (Lipinski definition) is 0. The van der Waals surface area contributed by atoms with Crippen LogP contribution < -0.4 is 4.74 Å². The van der Waals surface area contributed by atoms with Gasteiger partial charge in [0.2, 0.25) is 0 Å². The number of nitrogens with zero attached hydrogens (tertiary/aromatic N) is 1. The molecule has 0 atom stereocenters. The Balaban J connectivity index is 1.91. The van der Waals surface area contributed by atoms with Gasteiger partial charge in [-0.15, -0.1) is 11.3 Å². The molecule has 0 unspecified atom stereocenters. The second-order valence-electron chi connectivity index (χ2n) is 6.56. The Bertz CT molecular complexity index is 1370. The maximum atomic E-state index is 11.0. The number of thiophene rings is 1. The molecule has 136 valence electrons. The second kappa shape index (κ2) is 6.32. The van der Waals surface area contributed by atoms with Crippen LogP contribution in [-0.4, -0.2) is 12.0 Å². The van der Waals surface area contributed by atoms with Crippen molar-refractivity contribution in [3.63, 3.8) is 0 Å². The average Bonchev–Trinajstić information content (AvgIpc) is 3.14. The number of nitro benzene ring substituents is 1. The summed E-state index contributed by atoms with van der Waals surface area (Å²) >= 11 is 1.67. The molecule has 0 fully saturated rings. The van der Waals surface area contributed by atoms with E-state index in [2.05, 4.69) is 36.4 Å². The van der Waals surface area contributed by atoms with Crippen LogP contribution in [-0.2, 0) is 0 Å². The normalized spacial score (nSPS) is 11.3. The molecular weight excluding hydrogens is 370 g/mol. The van der Waals surface area contributed by atoms with E-state index in [4.69, 9.17) is 4.74 Å². The Morgan fingerprint density at radius 2 is 1.39 bits per heavy atom. The van der Waals surface area contributed by atoms with Gasteiger partial charge in [-0.3, -0.25) is 10.1 Å². The molecule has 5 rings (SSSR count). The van der Waals surface area contributed by atoms with E-state index in [1.54, 1.807) is 30.6 Å². The van der Waals surface area contributed by atoms with Gasteiger partial charge >= 0.3 is 0 Å². The molecule has 0 aliphatic heterocycles. The van der Waals surface area contributed by atoms with Gasteiger partial charge in [0.25, 0.3) is 5.69 Å². The Labute approximate surface area is 164 Å². The fourth-order valence-electron chi connectivity index (χ4n) is 3.82. The lowest BCUT2D eigenvalue weighted by atomic mass is 9.98. The van der Waals surface area contributed by atoms with Crippen molar-refractivity contribution in [2.24, 2.45) is 0 Å². The van der Waals surface area contributed by atoms with Gasteiger partial charge in [0.05, 0.1) is 16.9 Å². The highest BCUT2D eigenvalue weighted by Gasteiger charge is 2.20. The molecule has 0 spiro atoms. The molecule has 0 radical (unpaired) electrons. The van der Waals surface area contributed by atoms with Crippen LogP contribution in [0.4, 0.5) is 5.69 Å². The van der Waals surface area contributed by atoms with Crippen LogP contribution in [0.5, 0.6) is 5.75 Å². The smallest absolute Gasteiger partial charge is 0.269 e. The first kappa shape index (κ1) is 16.7. The SMILES string of the molecule is COc1c(-c2ccc([N+](=O)[O-])cc2)sc2c3ccccc3c3ccccc3c12. The molecule has 0 saturated heterocycles. The standard InChI is InChI=1S/C23H15NO3S/c1-27-21-20-18-8-4-2-6-16(18)17-7-3-5-9-19(17)23(20)28-22(21)14-10-12-15(13-11-14)24(25)26/h2-13H,1H3. The van der Waals surface area contributed by atoms with Crippen LogP contribution in [0.15, 0.2) is 72.8 Å². The van der Waals surface area contributed by atoms with Crippen molar-refractivity contribution >= 4 is 48.7 Å². The number of rotatable bonds is 3. The van der Waals surface area contributed by atoms with Gasteiger partial charge in [-0.05, 0) is 33.9 Å². The number of methoxy groups -OCH3 is 1. The highest BCUT2D eigenvalue weighted by Crippen LogP contribution is 2.50. The molecule has 0 saturated carbocycles. The molecule has 1 aromatic heterocycles. The lowest BCUT2D eigenvalue weighted by molar-refractivity contribution is -0.384. The van der Waals surface area contributed by atoms with Crippen molar-refractivity contribution in [3.8, 4) is 16.2 Å². The summed E-state index contributed by atoms with van der Waals surface area (Å²) in [7, 11) is 1.68. The number of non-ortho nitro benzene ring substituents is 1. The zero-order valence-electron chi connectivity index (χ0n) is 15.0. The zero-order chi connectivity index (χ0) is 19.3. The van der Waals surface area contributed by atoms with Crippen molar-refractivity contribution in [2.45, 2.75) is 0 Å². The van der Waals surface area contributed by atoms with Gasteiger partial charge in [-0.2, -0.15) is 0 Å². The fourth-order valence-corrected chi connectivity index (χ4v) is 5.15. The monoisotopic (exact) mass is 385 g/mol. The predicted molar refractivity (Wildman–Crippen MR) is 115 cm³/mol. The lowest BCUT2D eigenvalue weighted by Gasteiger charge is -2.08. The van der Waals surface area contributed by atoms with E-state index in [0.717, 1.165) is 27.0 Å². The Morgan fingerprint density at radius 3 is 2.00 bits per heavy atom. The van der Waals surface area contributed by atoms with Crippen LogP contribution in [0.2, 0.25) is 0 Å². The first-order valence-electron chi connectivity index (χ1n) is 8.84. The van der Waals surface area contributed by atoms with E-state index in [9.17, 15) is 10.1 Å². The van der Waals surface area contributed by atoms with E-state index >= 15 is 0 Å². The topological polar surface area (TPSA) is 52.4 Å². The lowest BCUT2D eigenvalue weighted by Crippen LogP contribution is -1.88. The summed E-state index contributed by atoms with van der Waals surface area (Å²) in [5.41, 5.74) is 0.997. The molecule has 0 bridgehead atoms. The maximum Gasteiger partial charge on any atom is 0.269 e. The molecule has 0 aliphatic carbocycles. The van der Waals surface area contributed by atoms with Gasteiger partial charge in [0.15, 0.2) is 0 Å². The minimum Gasteiger partial charge on any atom is -0.495 e. The van der Waals surface area contributed by atoms with Crippen molar-refractivity contribution in [1.82, 2.24) is 0 Å². The number of benzene rings is 4. The molecule has 5 aromatic rings. The molecule has 5 heteroatoms. The van der Waals surface area contributed by atoms with E-state index in [0.29, 0.717) is 0 Å². The van der Waals surface area contributed by atoms with Gasteiger partial charge in [-0.25, -0.2) is 0 Å². The fraction of sp³-hybridized carbons (Fsp3) is 0.0435. The summed E-state index contributed by atoms with van der Waals surface area (Å²) in [6.07, 6.45) is 0. The van der Waals surface area contributed by atoms with Gasteiger partial charge in [0, 0.05) is 27.6 Å². The molecule has 0 aliphatic rings. The first-order valence-corrected chi connectivity index (χ1v) is 9.65. The predicted octanol–water partition coefficient (Wildman–Crippen LogP) is 6.79. The minimum absolute atomic E-state index is 0.0831. The first-order chi connectivity index (χ1) is 13.7. The summed E-state index contributed by atoms with van der Waals surface area (Å²) in [5, 5.41) is 16.8. The Kier molecular flexibility index (Phi) is 3.77. The number of ether oxygens (including phenoxy) is 1. The van der Waals surface area contributed by atoms with E-state index in [-0.39, 0.29) is 10.6 Å². The molecule has 1 heterocycles. The maximum absolute atomic E-state index is 11.0. The quantitative estimate of drug-likeness (QED) is 0.195. The Hall–Kier alpha value is -3.44. The minimum atomic E-state index is -0.382. The van der Waals surface area contributed by atoms with Crippen LogP contribution >= 0.6 is 11.3 Å². The summed E-state index contributed by atoms with van der Waals surface area (Å²) in [6, 6.07) is 23.4. The third-order valence-corrected chi connectivity index (χ3v) is 6.32. The van der Waals surface area contributed by atoms with Gasteiger partial charge in [-0.1, -0.05) is 48.5 Å². The van der Waals surface area contributed by atoms with Crippen LogP contribution in [0.1, 0.15) is 0 Å². The van der Waals surface area contributed by atoms with Crippen molar-refractivity contribution in [2.75, 3.05) is 7.11 Å². The third kappa shape index (κ3) is 2.37. The number of nitro groups is 1. The van der Waals surface area contributed by atoms with Crippen LogP contribution in [0.25, 0.3) is 42.1 Å². The highest BCUT2D eigenvalue weighted by atomic mass is 32.1. The van der Waals surface area contributed by atoms with Crippen LogP contribution in [0.3, 0.4) is 0 Å². The summed E-state index contributed by atoms with van der Waals surface area (Å²) in [6.45, 7) is 0. The van der Waals surface area contributed by atoms with E-state index in [1.807, 2.05) is 12.1 Å². The molecule has 4 nitrogen and oxygen atoms in total. The van der Waals surface area contributed by atoms with Crippen LogP contribution in [0, 0.1) is 10.1 Å². The third-order valence-electron chi connectivity index (χ3n) is 5.07. The van der Waals surface area contributed by atoms with Gasteiger partial charge in [0.1, 0.15) is 5.75 Å². The van der Waals surface area contributed by atoms with E-state index in [1.165, 1.54) is 33.0 Å². The largest absolute Gasteiger partial charge is 0.495 e. The molecular formula is C23H15NO3S. The molecule has 4 aromatic carbocycles. The summed E-state index contributed by atoms with van der Waals surface area (Å²) in [4.78, 5) is 11.6. The number of fused-ring (bicyclic) bond motifs is 6. The van der Waals surface area contributed by atoms with Crippen molar-refractivity contribution < 1.29 is 9.66 Å². The molecule has 0 N–H and O–H groups in total. The molecule has 28 heavy (non-hydrogen) atoms. The van der Waals surface area contributed by atoms with E-state index < -0.39 is 0 Å². The zero-order valence-corrected chi connectivity index (χ0v) is 15.8. The second-order valence-corrected chi connectivity index (χ2v) is 7.58.